The molecule has 216 valence electrons. The summed E-state index contributed by atoms with van der Waals surface area (Å²) in [7, 11) is 0. The van der Waals surface area contributed by atoms with E-state index in [1.54, 1.807) is 24.1 Å². The van der Waals surface area contributed by atoms with Crippen molar-refractivity contribution in [3.05, 3.63) is 83.3 Å². The van der Waals surface area contributed by atoms with Crippen LogP contribution in [0.15, 0.2) is 65.3 Å². The predicted octanol–water partition coefficient (Wildman–Crippen LogP) is 4.93. The molecule has 0 spiro atoms. The summed E-state index contributed by atoms with van der Waals surface area (Å²) in [6, 6.07) is 16.5. The van der Waals surface area contributed by atoms with E-state index in [1.807, 2.05) is 61.7 Å². The first-order chi connectivity index (χ1) is 19.5. The number of nitrogens with one attached hydrogen (secondary N) is 1. The van der Waals surface area contributed by atoms with Crippen LogP contribution >= 0.6 is 11.8 Å². The van der Waals surface area contributed by atoms with E-state index in [0.29, 0.717) is 24.3 Å². The van der Waals surface area contributed by atoms with E-state index in [-0.39, 0.29) is 32.3 Å². The van der Waals surface area contributed by atoms with Gasteiger partial charge in [0.05, 0.1) is 12.9 Å². The standard InChI is InChI=1S/C33H41NO5S.Li.H/c1-23-9-6-7-12-26(23)28-21-25(14-16-27(28)32(35)34-29(33(36)37)18-20-40-2)22-39-31(30-13-8-19-38-30)17-15-24-10-4-3-5-11-24;;/h6-9,12-14,16,19,21,24,29,31H,3-5,10-11,15,17-18,20,22H2,1-2H3,(H,34,35)(H,36,37);;/q;+1;-1/t29-,31?;;/m0../s1. The molecule has 8 heteroatoms. The third-order valence-corrected chi connectivity index (χ3v) is 8.50. The van der Waals surface area contributed by atoms with E-state index < -0.39 is 12.0 Å². The van der Waals surface area contributed by atoms with Gasteiger partial charge in [-0.05, 0) is 90.6 Å². The Balaban J connectivity index is 0.00000308. The molecule has 0 bridgehead atoms. The fraction of sp³-hybridized carbons (Fsp3) is 0.455. The van der Waals surface area contributed by atoms with E-state index in [9.17, 15) is 14.7 Å². The summed E-state index contributed by atoms with van der Waals surface area (Å²) < 4.78 is 12.2. The zero-order valence-electron chi connectivity index (χ0n) is 25.6. The predicted molar refractivity (Wildman–Crippen MR) is 162 cm³/mol. The van der Waals surface area contributed by atoms with Gasteiger partial charge in [0.25, 0.3) is 5.91 Å². The summed E-state index contributed by atoms with van der Waals surface area (Å²) in [5, 5.41) is 12.4. The van der Waals surface area contributed by atoms with Gasteiger partial charge in [0.15, 0.2) is 0 Å². The largest absolute Gasteiger partial charge is 1.00 e. The van der Waals surface area contributed by atoms with Crippen LogP contribution in [0.1, 0.15) is 86.1 Å². The van der Waals surface area contributed by atoms with Gasteiger partial charge in [-0.1, -0.05) is 62.4 Å². The second-order valence-electron chi connectivity index (χ2n) is 10.7. The molecule has 1 heterocycles. The van der Waals surface area contributed by atoms with Crippen LogP contribution in [0.4, 0.5) is 0 Å². The molecular weight excluding hydrogens is 529 g/mol. The number of thioether (sulfide) groups is 1. The number of rotatable bonds is 14. The van der Waals surface area contributed by atoms with Crippen molar-refractivity contribution in [2.45, 2.75) is 77.0 Å². The number of carbonyl (C=O) groups excluding carboxylic acids is 1. The fourth-order valence-corrected chi connectivity index (χ4v) is 6.02. The minimum Gasteiger partial charge on any atom is -1.00 e. The van der Waals surface area contributed by atoms with Gasteiger partial charge in [-0.3, -0.25) is 4.79 Å². The van der Waals surface area contributed by atoms with Gasteiger partial charge in [0.2, 0.25) is 0 Å². The van der Waals surface area contributed by atoms with Crippen molar-refractivity contribution in [1.29, 1.82) is 0 Å². The van der Waals surface area contributed by atoms with Gasteiger partial charge in [-0.25, -0.2) is 4.79 Å². The van der Waals surface area contributed by atoms with Crippen molar-refractivity contribution in [3.63, 3.8) is 0 Å². The van der Waals surface area contributed by atoms with Gasteiger partial charge in [0, 0.05) is 5.56 Å². The van der Waals surface area contributed by atoms with Gasteiger partial charge in [-0.2, -0.15) is 11.8 Å². The number of ether oxygens (including phenoxy) is 1. The van der Waals surface area contributed by atoms with E-state index in [0.717, 1.165) is 46.8 Å². The van der Waals surface area contributed by atoms with Gasteiger partial charge < -0.3 is 21.0 Å². The maximum Gasteiger partial charge on any atom is 1.00 e. The molecule has 1 aliphatic rings. The van der Waals surface area contributed by atoms with Crippen LogP contribution in [-0.4, -0.2) is 35.0 Å². The van der Waals surface area contributed by atoms with Gasteiger partial charge >= 0.3 is 24.8 Å². The molecule has 1 amide bonds. The van der Waals surface area contributed by atoms with Crippen molar-refractivity contribution in [2.24, 2.45) is 5.92 Å². The zero-order chi connectivity index (χ0) is 28.3. The molecule has 1 unspecified atom stereocenters. The number of furan rings is 1. The molecule has 1 saturated carbocycles. The number of carbonyl (C=O) groups is 2. The Morgan fingerprint density at radius 3 is 2.54 bits per heavy atom. The number of carboxylic acid groups (broad SMARTS) is 1. The molecular formula is C33H42LiNO5S. The number of aryl methyl sites for hydroxylation is 1. The summed E-state index contributed by atoms with van der Waals surface area (Å²) >= 11 is 1.56. The average Bonchev–Trinajstić information content (AvgIpc) is 3.51. The van der Waals surface area contributed by atoms with Crippen molar-refractivity contribution in [1.82, 2.24) is 5.32 Å². The summed E-state index contributed by atoms with van der Waals surface area (Å²) in [5.74, 6) is 0.833. The molecule has 41 heavy (non-hydrogen) atoms. The second-order valence-corrected chi connectivity index (χ2v) is 11.7. The summed E-state index contributed by atoms with van der Waals surface area (Å²) in [6.07, 6.45) is 12.5. The number of hydrogen-bond acceptors (Lipinski definition) is 5. The van der Waals surface area contributed by atoms with E-state index in [2.05, 4.69) is 5.32 Å². The Morgan fingerprint density at radius 1 is 1.07 bits per heavy atom. The maximum absolute atomic E-state index is 13.4. The summed E-state index contributed by atoms with van der Waals surface area (Å²) in [5.41, 5.74) is 4.13. The van der Waals surface area contributed by atoms with Gasteiger partial charge in [-0.15, -0.1) is 0 Å². The topological polar surface area (TPSA) is 88.8 Å². The van der Waals surface area contributed by atoms with Crippen molar-refractivity contribution in [3.8, 4) is 11.1 Å². The van der Waals surface area contributed by atoms with Crippen molar-refractivity contribution in [2.75, 3.05) is 12.0 Å². The molecule has 2 aromatic carbocycles. The van der Waals surface area contributed by atoms with E-state index in [1.165, 1.54) is 32.1 Å². The minimum absolute atomic E-state index is 0. The van der Waals surface area contributed by atoms with Crippen LogP contribution in [0.2, 0.25) is 0 Å². The third kappa shape index (κ3) is 9.54. The van der Waals surface area contributed by atoms with E-state index in [4.69, 9.17) is 9.15 Å². The first kappa shape index (κ1) is 33.1. The first-order valence-electron chi connectivity index (χ1n) is 14.3. The molecule has 1 fully saturated rings. The summed E-state index contributed by atoms with van der Waals surface area (Å²) in [4.78, 5) is 25.2. The van der Waals surface area contributed by atoms with E-state index >= 15 is 0 Å². The minimum atomic E-state index is -1.03. The fourth-order valence-electron chi connectivity index (χ4n) is 5.55. The van der Waals surface area contributed by atoms with Crippen LogP contribution in [0.3, 0.4) is 0 Å². The van der Waals surface area contributed by atoms with Crippen LogP contribution in [0.25, 0.3) is 11.1 Å². The average molecular weight is 572 g/mol. The van der Waals surface area contributed by atoms with Crippen molar-refractivity contribution >= 4 is 23.6 Å². The first-order valence-corrected chi connectivity index (χ1v) is 15.7. The number of hydrogen-bond donors (Lipinski definition) is 2. The molecule has 2 atom stereocenters. The quantitative estimate of drug-likeness (QED) is 0.267. The molecule has 1 aromatic heterocycles. The van der Waals surface area contributed by atoms with Crippen LogP contribution in [0.5, 0.6) is 0 Å². The Morgan fingerprint density at radius 2 is 1.85 bits per heavy atom. The third-order valence-electron chi connectivity index (χ3n) is 7.85. The molecule has 1 aliphatic carbocycles. The zero-order valence-corrected chi connectivity index (χ0v) is 25.4. The Bertz CT molecular complexity index is 1250. The summed E-state index contributed by atoms with van der Waals surface area (Å²) in [6.45, 7) is 2.39. The smallest absolute Gasteiger partial charge is 1.00 e. The number of aliphatic carboxylic acids is 1. The van der Waals surface area contributed by atoms with Crippen LogP contribution in [0, 0.1) is 12.8 Å². The molecule has 3 aromatic rings. The SMILES string of the molecule is CSCC[C@H](NC(=O)c1ccc(COC(CCC2CCCCC2)c2ccco2)cc1-c1ccccc1C)C(=O)O.[H-].[Li+]. The van der Waals surface area contributed by atoms with Crippen LogP contribution in [-0.2, 0) is 16.1 Å². The number of benzene rings is 2. The second kappa shape index (κ2) is 16.9. The van der Waals surface area contributed by atoms with Gasteiger partial charge in [0.1, 0.15) is 17.9 Å². The Labute approximate surface area is 261 Å². The Hall–Kier alpha value is -2.43. The molecule has 0 radical (unpaired) electrons. The monoisotopic (exact) mass is 571 g/mol. The number of amides is 1. The molecule has 4 rings (SSSR count). The van der Waals surface area contributed by atoms with Crippen molar-refractivity contribution < 1.29 is 44.1 Å². The van der Waals surface area contributed by atoms with Crippen LogP contribution < -0.4 is 24.2 Å². The molecule has 0 saturated heterocycles. The maximum atomic E-state index is 13.4. The molecule has 0 aliphatic heterocycles. The normalized spacial score (nSPS) is 15.1. The Kier molecular flexibility index (Phi) is 13.6. The molecule has 6 nitrogen and oxygen atoms in total. The molecule has 2 N–H and O–H groups in total. The number of carboxylic acids is 1.